The quantitative estimate of drug-likeness (QED) is 0.526. The molecule has 9 heteroatoms. The maximum Gasteiger partial charge on any atom is 0.340 e. The first kappa shape index (κ1) is 18.3. The van der Waals surface area contributed by atoms with Gasteiger partial charge in [-0.1, -0.05) is 6.07 Å². The Hall–Kier alpha value is -2.46. The number of nitrogens with one attached hydrogen (secondary N) is 1. The van der Waals surface area contributed by atoms with Crippen molar-refractivity contribution in [1.29, 1.82) is 0 Å². The van der Waals surface area contributed by atoms with Gasteiger partial charge in [-0.05, 0) is 25.1 Å². The van der Waals surface area contributed by atoms with E-state index in [0.717, 1.165) is 0 Å². The summed E-state index contributed by atoms with van der Waals surface area (Å²) in [6, 6.07) is 6.27. The molecule has 0 amide bonds. The highest BCUT2D eigenvalue weighted by molar-refractivity contribution is 5.97. The maximum atomic E-state index is 12.7. The highest BCUT2D eigenvalue weighted by atomic mass is 16.5. The summed E-state index contributed by atoms with van der Waals surface area (Å²) >= 11 is 0. The zero-order valence-electron chi connectivity index (χ0n) is 14.0. The summed E-state index contributed by atoms with van der Waals surface area (Å²) in [5, 5.41) is 32.0. The zero-order chi connectivity index (χ0) is 18.8. The fraction of sp³-hybridized carbons (Fsp3) is 0.412. The molecule has 0 saturated carbocycles. The third kappa shape index (κ3) is 3.29. The van der Waals surface area contributed by atoms with Gasteiger partial charge in [0.05, 0.1) is 24.3 Å². The molecule has 1 saturated heterocycles. The second-order valence-electron chi connectivity index (χ2n) is 5.90. The number of fused-ring (bicyclic) bond motifs is 1. The van der Waals surface area contributed by atoms with Crippen LogP contribution in [0.25, 0.3) is 5.52 Å². The van der Waals surface area contributed by atoms with Gasteiger partial charge in [-0.3, -0.25) is 9.20 Å². The summed E-state index contributed by atoms with van der Waals surface area (Å²) in [7, 11) is 0. The number of pyridine rings is 2. The molecule has 2 aromatic rings. The number of ether oxygens (including phenoxy) is 2. The molecule has 1 fully saturated rings. The number of carbonyl (C=O) groups excluding carboxylic acids is 1. The Morgan fingerprint density at radius 1 is 1.35 bits per heavy atom. The first-order chi connectivity index (χ1) is 12.4. The van der Waals surface area contributed by atoms with Gasteiger partial charge in [-0.15, -0.1) is 0 Å². The van der Waals surface area contributed by atoms with Gasteiger partial charge in [0.1, 0.15) is 24.0 Å². The molecule has 9 nitrogen and oxygen atoms in total. The molecule has 0 spiro atoms. The number of aliphatic hydroxyl groups is 3. The van der Waals surface area contributed by atoms with Crippen LogP contribution in [-0.4, -0.2) is 63.4 Å². The molecular formula is C17H20N2O7. The molecule has 3 heterocycles. The summed E-state index contributed by atoms with van der Waals surface area (Å²) in [5.41, 5.74) is 0.0666. The molecule has 0 bridgehead atoms. The lowest BCUT2D eigenvalue weighted by Crippen LogP contribution is -2.55. The van der Waals surface area contributed by atoms with E-state index in [1.54, 1.807) is 25.1 Å². The molecular weight excluding hydrogens is 344 g/mol. The number of anilines is 1. The van der Waals surface area contributed by atoms with Gasteiger partial charge in [-0.25, -0.2) is 4.79 Å². The van der Waals surface area contributed by atoms with Crippen molar-refractivity contribution < 1.29 is 29.6 Å². The van der Waals surface area contributed by atoms with E-state index in [1.165, 1.54) is 16.7 Å². The molecule has 4 N–H and O–H groups in total. The Labute approximate surface area is 148 Å². The van der Waals surface area contributed by atoms with Crippen LogP contribution in [0.1, 0.15) is 17.3 Å². The van der Waals surface area contributed by atoms with Crippen LogP contribution in [0.3, 0.4) is 0 Å². The highest BCUT2D eigenvalue weighted by Gasteiger charge is 2.38. The fourth-order valence-corrected chi connectivity index (χ4v) is 2.81. The van der Waals surface area contributed by atoms with Crippen molar-refractivity contribution in [3.8, 4) is 0 Å². The number of hydrogen-bond acceptors (Lipinski definition) is 8. The number of hydrogen-bond donors (Lipinski definition) is 4. The molecule has 0 radical (unpaired) electrons. The molecule has 4 atom stereocenters. The van der Waals surface area contributed by atoms with Crippen LogP contribution < -0.4 is 10.9 Å². The van der Waals surface area contributed by atoms with Crippen molar-refractivity contribution in [2.75, 3.05) is 18.5 Å². The lowest BCUT2D eigenvalue weighted by Gasteiger charge is -2.35. The predicted octanol–water partition coefficient (Wildman–Crippen LogP) is -0.673. The number of aliphatic hydroxyl groups excluding tert-OH is 3. The van der Waals surface area contributed by atoms with Gasteiger partial charge in [0.2, 0.25) is 0 Å². The lowest BCUT2D eigenvalue weighted by atomic mass is 10.0. The Kier molecular flexibility index (Phi) is 5.23. The normalized spacial score (nSPS) is 25.8. The van der Waals surface area contributed by atoms with Gasteiger partial charge in [-0.2, -0.15) is 0 Å². The van der Waals surface area contributed by atoms with Crippen LogP contribution in [0.15, 0.2) is 35.3 Å². The Bertz CT molecular complexity index is 866. The minimum absolute atomic E-state index is 0.00982. The number of aromatic nitrogens is 1. The Morgan fingerprint density at radius 2 is 2.12 bits per heavy atom. The zero-order valence-corrected chi connectivity index (χ0v) is 14.0. The molecule has 0 aliphatic carbocycles. The molecule has 1 aliphatic heterocycles. The largest absolute Gasteiger partial charge is 0.462 e. The Balaban J connectivity index is 2.02. The molecule has 2 aromatic heterocycles. The van der Waals surface area contributed by atoms with E-state index in [0.29, 0.717) is 5.52 Å². The fourth-order valence-electron chi connectivity index (χ4n) is 2.81. The summed E-state index contributed by atoms with van der Waals surface area (Å²) < 4.78 is 11.6. The van der Waals surface area contributed by atoms with Gasteiger partial charge in [0, 0.05) is 6.20 Å². The standard InChI is InChI=1S/C17H20N2O7/c1-2-25-17(24)9-7-10(16(23)19-6-4-3-5-11(9)19)18-15-14(22)13(21)12(20)8-26-15/h3-7,12-15,18,20-22H,2,8H2,1H3/t12-,13-,14+,15?/m0/s1. The van der Waals surface area contributed by atoms with Crippen molar-refractivity contribution in [2.24, 2.45) is 0 Å². The summed E-state index contributed by atoms with van der Waals surface area (Å²) in [4.78, 5) is 24.9. The van der Waals surface area contributed by atoms with E-state index in [1.807, 2.05) is 0 Å². The van der Waals surface area contributed by atoms with Crippen molar-refractivity contribution >= 4 is 17.2 Å². The number of esters is 1. The van der Waals surface area contributed by atoms with Crippen LogP contribution in [0.2, 0.25) is 0 Å². The molecule has 140 valence electrons. The van der Waals surface area contributed by atoms with Crippen LogP contribution in [0.4, 0.5) is 5.69 Å². The second-order valence-corrected chi connectivity index (χ2v) is 5.90. The predicted molar refractivity (Wildman–Crippen MR) is 91.0 cm³/mol. The van der Waals surface area contributed by atoms with Crippen molar-refractivity contribution in [3.63, 3.8) is 0 Å². The first-order valence-corrected chi connectivity index (χ1v) is 8.18. The molecule has 0 aromatic carbocycles. The van der Waals surface area contributed by atoms with E-state index < -0.39 is 36.1 Å². The molecule has 3 rings (SSSR count). The summed E-state index contributed by atoms with van der Waals surface area (Å²) in [6.45, 7) is 1.64. The number of nitrogens with zero attached hydrogens (tertiary/aromatic N) is 1. The van der Waals surface area contributed by atoms with E-state index in [9.17, 15) is 24.9 Å². The van der Waals surface area contributed by atoms with Crippen molar-refractivity contribution in [2.45, 2.75) is 31.5 Å². The van der Waals surface area contributed by atoms with Gasteiger partial charge >= 0.3 is 5.97 Å². The smallest absolute Gasteiger partial charge is 0.340 e. The third-order valence-corrected chi connectivity index (χ3v) is 4.17. The SMILES string of the molecule is CCOC(=O)c1cc(NC2OC[C@H](O)[C@H](O)[C@H]2O)c(=O)n2ccccc12. The van der Waals surface area contributed by atoms with Crippen molar-refractivity contribution in [3.05, 3.63) is 46.4 Å². The van der Waals surface area contributed by atoms with Crippen LogP contribution >= 0.6 is 0 Å². The number of rotatable bonds is 4. The van der Waals surface area contributed by atoms with Crippen LogP contribution in [0.5, 0.6) is 0 Å². The van der Waals surface area contributed by atoms with Crippen molar-refractivity contribution in [1.82, 2.24) is 4.40 Å². The minimum Gasteiger partial charge on any atom is -0.462 e. The lowest BCUT2D eigenvalue weighted by molar-refractivity contribution is -0.178. The topological polar surface area (TPSA) is 130 Å². The van der Waals surface area contributed by atoms with E-state index in [-0.39, 0.29) is 24.5 Å². The van der Waals surface area contributed by atoms with Crippen LogP contribution in [0, 0.1) is 0 Å². The average Bonchev–Trinajstić information content (AvgIpc) is 2.64. The average molecular weight is 364 g/mol. The molecule has 26 heavy (non-hydrogen) atoms. The van der Waals surface area contributed by atoms with E-state index in [2.05, 4.69) is 5.32 Å². The first-order valence-electron chi connectivity index (χ1n) is 8.18. The van der Waals surface area contributed by atoms with E-state index in [4.69, 9.17) is 9.47 Å². The monoisotopic (exact) mass is 364 g/mol. The summed E-state index contributed by atoms with van der Waals surface area (Å²) in [6.07, 6.45) is -3.73. The van der Waals surface area contributed by atoms with E-state index >= 15 is 0 Å². The van der Waals surface area contributed by atoms with Gasteiger partial charge < -0.3 is 30.1 Å². The number of carbonyl (C=O) groups is 1. The maximum absolute atomic E-state index is 12.7. The minimum atomic E-state index is -1.46. The van der Waals surface area contributed by atoms with Crippen LogP contribution in [-0.2, 0) is 9.47 Å². The Morgan fingerprint density at radius 3 is 2.85 bits per heavy atom. The highest BCUT2D eigenvalue weighted by Crippen LogP contribution is 2.20. The third-order valence-electron chi connectivity index (χ3n) is 4.17. The summed E-state index contributed by atoms with van der Waals surface area (Å²) in [5.74, 6) is -0.597. The molecule has 1 aliphatic rings. The second kappa shape index (κ2) is 7.42. The van der Waals surface area contributed by atoms with Gasteiger partial charge in [0.25, 0.3) is 5.56 Å². The van der Waals surface area contributed by atoms with Gasteiger partial charge in [0.15, 0.2) is 6.23 Å². The molecule has 1 unspecified atom stereocenters.